The number of rotatable bonds is 5. The molecular weight excluding hydrogens is 512 g/mol. The third kappa shape index (κ3) is 6.83. The summed E-state index contributed by atoms with van der Waals surface area (Å²) in [6.07, 6.45) is 0.215. The molecule has 0 aliphatic carbocycles. The second kappa shape index (κ2) is 11.7. The van der Waals surface area contributed by atoms with E-state index in [9.17, 15) is 22.4 Å². The van der Waals surface area contributed by atoms with Crippen molar-refractivity contribution < 1.29 is 22.4 Å². The van der Waals surface area contributed by atoms with E-state index in [-0.39, 0.29) is 17.3 Å². The fourth-order valence-corrected chi connectivity index (χ4v) is 4.32. The molecule has 1 atom stereocenters. The number of aromatic nitrogens is 2. The predicted molar refractivity (Wildman–Crippen MR) is 142 cm³/mol. The van der Waals surface area contributed by atoms with Gasteiger partial charge in [-0.2, -0.15) is 13.2 Å². The number of halogens is 4. The Labute approximate surface area is 224 Å². The summed E-state index contributed by atoms with van der Waals surface area (Å²) >= 11 is 0. The summed E-state index contributed by atoms with van der Waals surface area (Å²) in [6.45, 7) is 1.21. The monoisotopic (exact) mass is 540 g/mol. The molecule has 1 aromatic heterocycles. The first-order valence-corrected chi connectivity index (χ1v) is 12.3. The Kier molecular flexibility index (Phi) is 8.35. The van der Waals surface area contributed by atoms with Crippen LogP contribution in [0.5, 0.6) is 0 Å². The Morgan fingerprint density at radius 3 is 2.46 bits per heavy atom. The third-order valence-electron chi connectivity index (χ3n) is 6.48. The highest BCUT2D eigenvalue weighted by molar-refractivity contribution is 6.06. The van der Waals surface area contributed by atoms with Crippen LogP contribution in [-0.2, 0) is 6.18 Å². The lowest BCUT2D eigenvalue weighted by molar-refractivity contribution is -0.137. The van der Waals surface area contributed by atoms with Crippen LogP contribution < -0.4 is 15.5 Å². The molecule has 1 amide bonds. The maximum absolute atomic E-state index is 14.7. The minimum atomic E-state index is -4.61. The van der Waals surface area contributed by atoms with Crippen LogP contribution in [-0.4, -0.2) is 61.0 Å². The summed E-state index contributed by atoms with van der Waals surface area (Å²) in [4.78, 5) is 25.3. The molecule has 11 heteroatoms. The van der Waals surface area contributed by atoms with Crippen molar-refractivity contribution in [2.24, 2.45) is 0 Å². The summed E-state index contributed by atoms with van der Waals surface area (Å²) < 4.78 is 55.3. The summed E-state index contributed by atoms with van der Waals surface area (Å²) in [7, 11) is 5.58. The Morgan fingerprint density at radius 2 is 1.79 bits per heavy atom. The standard InChI is InChI=1S/C28H28F4N6O/c1-33-27-34-15-19(16-35-27)7-6-18-8-10-23(29)22(13-18)26(39)36-24-14-20(28(30,31)32)9-11-25(24)38-12-4-5-21(17-38)37(2)3/h8-11,13-16,21H,4-5,12,17H2,1-3H3,(H,36,39)(H,33,34,35). The van der Waals surface area contributed by atoms with Gasteiger partial charge in [0, 0.05) is 44.1 Å². The van der Waals surface area contributed by atoms with Crippen molar-refractivity contribution in [2.75, 3.05) is 49.8 Å². The lowest BCUT2D eigenvalue weighted by Crippen LogP contribution is -2.45. The molecule has 204 valence electrons. The molecule has 1 unspecified atom stereocenters. The van der Waals surface area contributed by atoms with Gasteiger partial charge in [0.05, 0.1) is 28.1 Å². The normalized spacial score (nSPS) is 15.5. The van der Waals surface area contributed by atoms with E-state index in [1.165, 1.54) is 30.6 Å². The minimum absolute atomic E-state index is 0.0353. The molecule has 2 heterocycles. The first-order chi connectivity index (χ1) is 18.5. The largest absolute Gasteiger partial charge is 0.416 e. The summed E-state index contributed by atoms with van der Waals surface area (Å²) in [5, 5.41) is 5.32. The van der Waals surface area contributed by atoms with Gasteiger partial charge in [-0.05, 0) is 63.3 Å². The molecular formula is C28H28F4N6O. The highest BCUT2D eigenvalue weighted by Crippen LogP contribution is 2.37. The zero-order valence-corrected chi connectivity index (χ0v) is 21.7. The maximum atomic E-state index is 14.7. The molecule has 2 N–H and O–H groups in total. The molecule has 3 aromatic rings. The highest BCUT2D eigenvalue weighted by Gasteiger charge is 2.32. The molecule has 0 bridgehead atoms. The zero-order chi connectivity index (χ0) is 28.2. The van der Waals surface area contributed by atoms with E-state index in [1.54, 1.807) is 7.05 Å². The van der Waals surface area contributed by atoms with Gasteiger partial charge in [-0.25, -0.2) is 14.4 Å². The Morgan fingerprint density at radius 1 is 1.08 bits per heavy atom. The van der Waals surface area contributed by atoms with E-state index in [1.807, 2.05) is 19.0 Å². The SMILES string of the molecule is CNc1ncc(C#Cc2ccc(F)c(C(=O)Nc3cc(C(F)(F)F)ccc3N3CCCC(N(C)C)C3)c2)cn1. The van der Waals surface area contributed by atoms with Gasteiger partial charge in [0.25, 0.3) is 5.91 Å². The molecule has 1 aliphatic rings. The van der Waals surface area contributed by atoms with Crippen LogP contribution in [0.3, 0.4) is 0 Å². The number of hydrogen-bond donors (Lipinski definition) is 2. The van der Waals surface area contributed by atoms with E-state index in [2.05, 4.69) is 37.3 Å². The average Bonchev–Trinajstić information content (AvgIpc) is 2.92. The van der Waals surface area contributed by atoms with Crippen LogP contribution >= 0.6 is 0 Å². The second-order valence-corrected chi connectivity index (χ2v) is 9.38. The topological polar surface area (TPSA) is 73.4 Å². The molecule has 0 spiro atoms. The zero-order valence-electron chi connectivity index (χ0n) is 21.7. The summed E-state index contributed by atoms with van der Waals surface area (Å²) in [5.41, 5.74) is 0.0195. The number of benzene rings is 2. The molecule has 0 saturated carbocycles. The van der Waals surface area contributed by atoms with Crippen LogP contribution in [0.1, 0.15) is 39.9 Å². The van der Waals surface area contributed by atoms with Crippen molar-refractivity contribution in [1.29, 1.82) is 0 Å². The second-order valence-electron chi connectivity index (χ2n) is 9.38. The highest BCUT2D eigenvalue weighted by atomic mass is 19.4. The van der Waals surface area contributed by atoms with E-state index in [4.69, 9.17) is 0 Å². The number of likely N-dealkylation sites (N-methyl/N-ethyl adjacent to an activating group) is 1. The number of hydrogen-bond acceptors (Lipinski definition) is 6. The summed E-state index contributed by atoms with van der Waals surface area (Å²) in [6, 6.07) is 7.21. The molecule has 39 heavy (non-hydrogen) atoms. The molecule has 0 radical (unpaired) electrons. The van der Waals surface area contributed by atoms with Crippen LogP contribution in [0.4, 0.5) is 34.9 Å². The quantitative estimate of drug-likeness (QED) is 0.356. The van der Waals surface area contributed by atoms with Crippen LogP contribution in [0, 0.1) is 17.7 Å². The molecule has 1 saturated heterocycles. The molecule has 1 aliphatic heterocycles. The average molecular weight is 541 g/mol. The number of carbonyl (C=O) groups is 1. The lowest BCUT2D eigenvalue weighted by atomic mass is 10.0. The molecule has 7 nitrogen and oxygen atoms in total. The van der Waals surface area contributed by atoms with Crippen LogP contribution in [0.15, 0.2) is 48.8 Å². The number of carbonyl (C=O) groups excluding carboxylic acids is 1. The van der Waals surface area contributed by atoms with Gasteiger partial charge in [0.1, 0.15) is 5.82 Å². The number of nitrogens with one attached hydrogen (secondary N) is 2. The first kappa shape index (κ1) is 27.9. The molecule has 1 fully saturated rings. The Hall–Kier alpha value is -4.17. The summed E-state index contributed by atoms with van der Waals surface area (Å²) in [5.74, 6) is 4.41. The van der Waals surface area contributed by atoms with Gasteiger partial charge in [-0.1, -0.05) is 11.8 Å². The van der Waals surface area contributed by atoms with Crippen molar-refractivity contribution in [1.82, 2.24) is 14.9 Å². The van der Waals surface area contributed by atoms with E-state index in [0.717, 1.165) is 31.0 Å². The van der Waals surface area contributed by atoms with E-state index < -0.39 is 23.5 Å². The first-order valence-electron chi connectivity index (χ1n) is 12.3. The number of anilines is 3. The van der Waals surface area contributed by atoms with E-state index >= 15 is 0 Å². The predicted octanol–water partition coefficient (Wildman–Crippen LogP) is 4.86. The number of alkyl halides is 3. The van der Waals surface area contributed by atoms with Crippen LogP contribution in [0.25, 0.3) is 0 Å². The minimum Gasteiger partial charge on any atom is -0.368 e. The van der Waals surface area contributed by atoms with Crippen molar-refractivity contribution in [3.8, 4) is 11.8 Å². The van der Waals surface area contributed by atoms with Crippen molar-refractivity contribution >= 4 is 23.2 Å². The lowest BCUT2D eigenvalue weighted by Gasteiger charge is -2.38. The van der Waals surface area contributed by atoms with Crippen LogP contribution in [0.2, 0.25) is 0 Å². The number of amides is 1. The smallest absolute Gasteiger partial charge is 0.368 e. The Bertz CT molecular complexity index is 1400. The fraction of sp³-hybridized carbons (Fsp3) is 0.321. The Balaban J connectivity index is 1.63. The van der Waals surface area contributed by atoms with Gasteiger partial charge >= 0.3 is 6.18 Å². The molecule has 4 rings (SSSR count). The van der Waals surface area contributed by atoms with Gasteiger partial charge in [-0.3, -0.25) is 4.79 Å². The van der Waals surface area contributed by atoms with Gasteiger partial charge < -0.3 is 20.4 Å². The van der Waals surface area contributed by atoms with Gasteiger partial charge in [-0.15, -0.1) is 0 Å². The van der Waals surface area contributed by atoms with Gasteiger partial charge in [0.15, 0.2) is 0 Å². The fourth-order valence-electron chi connectivity index (χ4n) is 4.32. The van der Waals surface area contributed by atoms with Crippen molar-refractivity contribution in [2.45, 2.75) is 25.1 Å². The van der Waals surface area contributed by atoms with E-state index in [0.29, 0.717) is 35.9 Å². The maximum Gasteiger partial charge on any atom is 0.416 e. The third-order valence-corrected chi connectivity index (χ3v) is 6.48. The number of nitrogens with zero attached hydrogens (tertiary/aromatic N) is 4. The van der Waals surface area contributed by atoms with Crippen molar-refractivity contribution in [3.05, 3.63) is 76.9 Å². The van der Waals surface area contributed by atoms with Crippen molar-refractivity contribution in [3.63, 3.8) is 0 Å². The molecule has 2 aromatic carbocycles. The number of piperidine rings is 1. The van der Waals surface area contributed by atoms with Gasteiger partial charge in [0.2, 0.25) is 5.95 Å².